The first-order valence-electron chi connectivity index (χ1n) is 6.01. The molecule has 0 radical (unpaired) electrons. The van der Waals surface area contributed by atoms with Gasteiger partial charge in [0.2, 0.25) is 0 Å². The standard InChI is InChI=1S/C12H23N3/c1-3-8-15(2)9-6-11-5-4-7-12(11,14)10-13/h11H,3-9,14H2,1-2H3. The van der Waals surface area contributed by atoms with Crippen LogP contribution >= 0.6 is 0 Å². The Morgan fingerprint density at radius 1 is 1.53 bits per heavy atom. The molecule has 0 aromatic heterocycles. The van der Waals surface area contributed by atoms with E-state index < -0.39 is 5.54 Å². The van der Waals surface area contributed by atoms with Gasteiger partial charge in [-0.25, -0.2) is 0 Å². The monoisotopic (exact) mass is 209 g/mol. The van der Waals surface area contributed by atoms with E-state index in [0.717, 1.165) is 38.8 Å². The Bertz CT molecular complexity index is 234. The van der Waals surface area contributed by atoms with Crippen LogP contribution in [0.4, 0.5) is 0 Å². The Hall–Kier alpha value is -0.590. The van der Waals surface area contributed by atoms with Crippen LogP contribution in [0.2, 0.25) is 0 Å². The van der Waals surface area contributed by atoms with Crippen LogP contribution in [-0.4, -0.2) is 30.6 Å². The fraction of sp³-hybridized carbons (Fsp3) is 0.917. The second kappa shape index (κ2) is 5.48. The predicted octanol–water partition coefficient (Wildman–Crippen LogP) is 1.74. The average molecular weight is 209 g/mol. The first-order valence-corrected chi connectivity index (χ1v) is 6.01. The molecule has 0 aromatic carbocycles. The molecule has 1 saturated carbocycles. The predicted molar refractivity (Wildman–Crippen MR) is 62.3 cm³/mol. The Labute approximate surface area is 93.2 Å². The molecule has 1 aliphatic carbocycles. The summed E-state index contributed by atoms with van der Waals surface area (Å²) < 4.78 is 0. The maximum atomic E-state index is 9.08. The van der Waals surface area contributed by atoms with Gasteiger partial charge in [0.15, 0.2) is 0 Å². The van der Waals surface area contributed by atoms with Gasteiger partial charge in [0.05, 0.1) is 6.07 Å². The van der Waals surface area contributed by atoms with E-state index in [4.69, 9.17) is 11.0 Å². The van der Waals surface area contributed by atoms with Gasteiger partial charge in [-0.05, 0) is 51.7 Å². The van der Waals surface area contributed by atoms with Gasteiger partial charge in [0.1, 0.15) is 5.54 Å². The van der Waals surface area contributed by atoms with E-state index in [2.05, 4.69) is 24.9 Å². The van der Waals surface area contributed by atoms with Gasteiger partial charge >= 0.3 is 0 Å². The largest absolute Gasteiger partial charge is 0.313 e. The highest BCUT2D eigenvalue weighted by atomic mass is 15.1. The molecule has 2 unspecified atom stereocenters. The summed E-state index contributed by atoms with van der Waals surface area (Å²) in [6, 6.07) is 2.31. The van der Waals surface area contributed by atoms with Gasteiger partial charge in [-0.3, -0.25) is 0 Å². The Kier molecular flexibility index (Phi) is 4.56. The normalized spacial score (nSPS) is 30.7. The highest BCUT2D eigenvalue weighted by Gasteiger charge is 2.39. The summed E-state index contributed by atoms with van der Waals surface area (Å²) in [6.07, 6.45) is 5.38. The third kappa shape index (κ3) is 3.19. The molecule has 0 saturated heterocycles. The van der Waals surface area contributed by atoms with Crippen molar-refractivity contribution in [2.75, 3.05) is 20.1 Å². The summed E-state index contributed by atoms with van der Waals surface area (Å²) in [5.74, 6) is 0.404. The van der Waals surface area contributed by atoms with Crippen LogP contribution in [-0.2, 0) is 0 Å². The van der Waals surface area contributed by atoms with Crippen molar-refractivity contribution in [2.45, 2.75) is 44.6 Å². The summed E-state index contributed by atoms with van der Waals surface area (Å²) in [5, 5.41) is 9.08. The summed E-state index contributed by atoms with van der Waals surface area (Å²) in [4.78, 5) is 2.33. The van der Waals surface area contributed by atoms with Crippen LogP contribution in [0, 0.1) is 17.2 Å². The Balaban J connectivity index is 2.36. The van der Waals surface area contributed by atoms with Gasteiger partial charge in [0, 0.05) is 0 Å². The number of nitriles is 1. The molecule has 0 spiro atoms. The van der Waals surface area contributed by atoms with Gasteiger partial charge < -0.3 is 10.6 Å². The maximum absolute atomic E-state index is 9.08. The molecular formula is C12H23N3. The van der Waals surface area contributed by atoms with Crippen LogP contribution in [0.3, 0.4) is 0 Å². The average Bonchev–Trinajstić information content (AvgIpc) is 2.58. The molecule has 2 atom stereocenters. The molecule has 2 N–H and O–H groups in total. The fourth-order valence-electron chi connectivity index (χ4n) is 2.52. The van der Waals surface area contributed by atoms with Crippen molar-refractivity contribution in [3.63, 3.8) is 0 Å². The lowest BCUT2D eigenvalue weighted by Crippen LogP contribution is -2.42. The lowest BCUT2D eigenvalue weighted by molar-refractivity contribution is 0.275. The molecule has 15 heavy (non-hydrogen) atoms. The van der Waals surface area contributed by atoms with Gasteiger partial charge in [-0.15, -0.1) is 0 Å². The molecule has 1 aliphatic rings. The lowest BCUT2D eigenvalue weighted by atomic mass is 9.87. The van der Waals surface area contributed by atoms with Crippen molar-refractivity contribution in [3.8, 4) is 6.07 Å². The maximum Gasteiger partial charge on any atom is 0.107 e. The van der Waals surface area contributed by atoms with E-state index in [0.29, 0.717) is 5.92 Å². The zero-order chi connectivity index (χ0) is 11.3. The minimum absolute atomic E-state index is 0.404. The third-order valence-electron chi connectivity index (χ3n) is 3.54. The van der Waals surface area contributed by atoms with Crippen molar-refractivity contribution in [2.24, 2.45) is 11.7 Å². The quantitative estimate of drug-likeness (QED) is 0.750. The molecule has 3 nitrogen and oxygen atoms in total. The van der Waals surface area contributed by atoms with Crippen molar-refractivity contribution in [3.05, 3.63) is 0 Å². The minimum Gasteiger partial charge on any atom is -0.313 e. The zero-order valence-corrected chi connectivity index (χ0v) is 10.00. The molecule has 86 valence electrons. The second-order valence-corrected chi connectivity index (χ2v) is 4.83. The molecule has 3 heteroatoms. The first-order chi connectivity index (χ1) is 7.12. The number of nitrogens with zero attached hydrogens (tertiary/aromatic N) is 2. The van der Waals surface area contributed by atoms with Crippen molar-refractivity contribution in [1.82, 2.24) is 4.90 Å². The summed E-state index contributed by atoms with van der Waals surface area (Å²) >= 11 is 0. The van der Waals surface area contributed by atoms with Gasteiger partial charge in [-0.2, -0.15) is 5.26 Å². The molecule has 0 amide bonds. The minimum atomic E-state index is -0.535. The second-order valence-electron chi connectivity index (χ2n) is 4.83. The molecule has 1 rings (SSSR count). The Morgan fingerprint density at radius 2 is 2.27 bits per heavy atom. The van der Waals surface area contributed by atoms with Crippen LogP contribution in [0.15, 0.2) is 0 Å². The Morgan fingerprint density at radius 3 is 2.87 bits per heavy atom. The smallest absolute Gasteiger partial charge is 0.107 e. The summed E-state index contributed by atoms with van der Waals surface area (Å²) in [6.45, 7) is 4.39. The van der Waals surface area contributed by atoms with Crippen LogP contribution in [0.5, 0.6) is 0 Å². The fourth-order valence-corrected chi connectivity index (χ4v) is 2.52. The molecule has 0 aliphatic heterocycles. The van der Waals surface area contributed by atoms with E-state index in [1.54, 1.807) is 0 Å². The number of nitrogens with two attached hydrogens (primary N) is 1. The molecular weight excluding hydrogens is 186 g/mol. The molecule has 0 aromatic rings. The molecule has 0 bridgehead atoms. The van der Waals surface area contributed by atoms with Crippen LogP contribution < -0.4 is 5.73 Å². The first kappa shape index (κ1) is 12.5. The highest BCUT2D eigenvalue weighted by molar-refractivity contribution is 5.11. The van der Waals surface area contributed by atoms with E-state index >= 15 is 0 Å². The van der Waals surface area contributed by atoms with E-state index in [-0.39, 0.29) is 0 Å². The molecule has 0 heterocycles. The number of rotatable bonds is 5. The zero-order valence-electron chi connectivity index (χ0n) is 10.00. The SMILES string of the molecule is CCCN(C)CCC1CCCC1(N)C#N. The van der Waals surface area contributed by atoms with E-state index in [1.165, 1.54) is 6.42 Å². The number of hydrogen-bond donors (Lipinski definition) is 1. The van der Waals surface area contributed by atoms with E-state index in [9.17, 15) is 0 Å². The van der Waals surface area contributed by atoms with Crippen molar-refractivity contribution < 1.29 is 0 Å². The topological polar surface area (TPSA) is 53.0 Å². The van der Waals surface area contributed by atoms with Crippen molar-refractivity contribution in [1.29, 1.82) is 5.26 Å². The summed E-state index contributed by atoms with van der Waals surface area (Å²) in [7, 11) is 2.14. The van der Waals surface area contributed by atoms with Crippen molar-refractivity contribution >= 4 is 0 Å². The van der Waals surface area contributed by atoms with Gasteiger partial charge in [-0.1, -0.05) is 13.3 Å². The van der Waals surface area contributed by atoms with Crippen LogP contribution in [0.25, 0.3) is 0 Å². The van der Waals surface area contributed by atoms with E-state index in [1.807, 2.05) is 0 Å². The highest BCUT2D eigenvalue weighted by Crippen LogP contribution is 2.35. The third-order valence-corrected chi connectivity index (χ3v) is 3.54. The summed E-state index contributed by atoms with van der Waals surface area (Å²) in [5.41, 5.74) is 5.55. The molecule has 1 fully saturated rings. The van der Waals surface area contributed by atoms with Crippen LogP contribution in [0.1, 0.15) is 39.0 Å². The number of hydrogen-bond acceptors (Lipinski definition) is 3. The van der Waals surface area contributed by atoms with Gasteiger partial charge in [0.25, 0.3) is 0 Å². The lowest BCUT2D eigenvalue weighted by Gasteiger charge is -2.26.